The molecule has 0 spiro atoms. The summed E-state index contributed by atoms with van der Waals surface area (Å²) in [6, 6.07) is 15.3. The van der Waals surface area contributed by atoms with Gasteiger partial charge in [-0.3, -0.25) is 9.59 Å². The second kappa shape index (κ2) is 10.3. The van der Waals surface area contributed by atoms with Crippen molar-refractivity contribution < 1.29 is 24.2 Å². The number of carboxylic acid groups (broad SMARTS) is 1. The molecule has 1 aliphatic rings. The minimum atomic E-state index is -1.09. The lowest BCUT2D eigenvalue weighted by atomic mass is 9.91. The average Bonchev–Trinajstić information content (AvgIpc) is 3.08. The first-order valence-corrected chi connectivity index (χ1v) is 10.8. The summed E-state index contributed by atoms with van der Waals surface area (Å²) in [4.78, 5) is 35.7. The van der Waals surface area contributed by atoms with Crippen LogP contribution in [0.5, 0.6) is 0 Å². The third kappa shape index (κ3) is 5.25. The molecule has 0 bridgehead atoms. The molecule has 6 nitrogen and oxygen atoms in total. The molecule has 2 aromatic carbocycles. The number of aliphatic carboxylic acids is 1. The van der Waals surface area contributed by atoms with Gasteiger partial charge in [0, 0.05) is 17.9 Å². The van der Waals surface area contributed by atoms with E-state index in [4.69, 9.17) is 9.84 Å². The molecule has 0 radical (unpaired) electrons. The van der Waals surface area contributed by atoms with E-state index in [1.807, 2.05) is 38.1 Å². The highest BCUT2D eigenvalue weighted by molar-refractivity contribution is 5.85. The van der Waals surface area contributed by atoms with Gasteiger partial charge in [-0.2, -0.15) is 0 Å². The number of hydrogen-bond donors (Lipinski definition) is 2. The van der Waals surface area contributed by atoms with Crippen LogP contribution < -0.4 is 5.32 Å². The Balaban J connectivity index is 1.59. The number of hydrogen-bond acceptors (Lipinski definition) is 4. The van der Waals surface area contributed by atoms with Gasteiger partial charge in [0.2, 0.25) is 5.91 Å². The second-order valence-corrected chi connectivity index (χ2v) is 8.41. The summed E-state index contributed by atoms with van der Waals surface area (Å²) in [5.41, 5.74) is 4.63. The molecule has 6 heteroatoms. The molecule has 2 aromatic rings. The van der Waals surface area contributed by atoms with Crippen molar-refractivity contribution in [2.75, 3.05) is 6.61 Å². The predicted octanol–water partition coefficient (Wildman–Crippen LogP) is 4.15. The number of carboxylic acids is 1. The van der Waals surface area contributed by atoms with Gasteiger partial charge in [0.15, 0.2) is 0 Å². The molecule has 0 aliphatic heterocycles. The van der Waals surface area contributed by atoms with Crippen LogP contribution in [-0.2, 0) is 19.1 Å². The Hall–Kier alpha value is -3.41. The van der Waals surface area contributed by atoms with Crippen LogP contribution in [-0.4, -0.2) is 35.6 Å². The molecular formula is C26H29NO5. The predicted molar refractivity (Wildman–Crippen MR) is 122 cm³/mol. The number of rotatable bonds is 9. The van der Waals surface area contributed by atoms with Crippen LogP contribution >= 0.6 is 0 Å². The zero-order valence-corrected chi connectivity index (χ0v) is 18.6. The van der Waals surface area contributed by atoms with Crippen LogP contribution in [0.4, 0.5) is 0 Å². The van der Waals surface area contributed by atoms with Gasteiger partial charge < -0.3 is 15.2 Å². The quantitative estimate of drug-likeness (QED) is 0.456. The SMILES string of the molecule is CC(C)[C@H](C/C=C/C(=O)OCC1c2ccccc2-c2ccccc21)C(=O)N[C@@H](C)C(=O)O. The zero-order valence-electron chi connectivity index (χ0n) is 18.6. The van der Waals surface area contributed by atoms with Crippen LogP contribution in [0.15, 0.2) is 60.7 Å². The summed E-state index contributed by atoms with van der Waals surface area (Å²) < 4.78 is 5.53. The maximum Gasteiger partial charge on any atom is 0.330 e. The summed E-state index contributed by atoms with van der Waals surface area (Å²) in [5.74, 6) is -2.35. The van der Waals surface area contributed by atoms with Crippen LogP contribution in [0.3, 0.4) is 0 Å². The Kier molecular flexibility index (Phi) is 7.46. The van der Waals surface area contributed by atoms with Crippen molar-refractivity contribution in [3.63, 3.8) is 0 Å². The number of carbonyl (C=O) groups excluding carboxylic acids is 2. The van der Waals surface area contributed by atoms with Crippen LogP contribution in [0.1, 0.15) is 44.2 Å². The summed E-state index contributed by atoms with van der Waals surface area (Å²) in [6.45, 7) is 5.43. The third-order valence-corrected chi connectivity index (χ3v) is 5.87. The van der Waals surface area contributed by atoms with Gasteiger partial charge in [0.05, 0.1) is 0 Å². The molecule has 2 N–H and O–H groups in total. The fourth-order valence-electron chi connectivity index (χ4n) is 4.03. The molecule has 0 unspecified atom stereocenters. The van der Waals surface area contributed by atoms with Crippen molar-refractivity contribution >= 4 is 17.8 Å². The topological polar surface area (TPSA) is 92.7 Å². The normalized spacial score (nSPS) is 14.6. The highest BCUT2D eigenvalue weighted by Gasteiger charge is 2.29. The number of benzene rings is 2. The highest BCUT2D eigenvalue weighted by atomic mass is 16.5. The number of ether oxygens (including phenoxy) is 1. The Bertz CT molecular complexity index is 981. The number of allylic oxidation sites excluding steroid dienone is 1. The van der Waals surface area contributed by atoms with Crippen molar-refractivity contribution in [1.82, 2.24) is 5.32 Å². The molecule has 0 aromatic heterocycles. The molecule has 0 heterocycles. The number of nitrogens with one attached hydrogen (secondary N) is 1. The number of fused-ring (bicyclic) bond motifs is 3. The van der Waals surface area contributed by atoms with Gasteiger partial charge in [-0.25, -0.2) is 4.79 Å². The molecule has 0 saturated carbocycles. The second-order valence-electron chi connectivity index (χ2n) is 8.41. The lowest BCUT2D eigenvalue weighted by Gasteiger charge is -2.20. The van der Waals surface area contributed by atoms with E-state index in [1.165, 1.54) is 24.1 Å². The zero-order chi connectivity index (χ0) is 23.3. The molecule has 3 rings (SSSR count). The monoisotopic (exact) mass is 435 g/mol. The van der Waals surface area contributed by atoms with Gasteiger partial charge >= 0.3 is 11.9 Å². The summed E-state index contributed by atoms with van der Waals surface area (Å²) in [7, 11) is 0. The minimum absolute atomic E-state index is 0.00792. The maximum absolute atomic E-state index is 12.4. The van der Waals surface area contributed by atoms with Crippen molar-refractivity contribution in [3.8, 4) is 11.1 Å². The van der Waals surface area contributed by atoms with Crippen molar-refractivity contribution in [3.05, 3.63) is 71.8 Å². The van der Waals surface area contributed by atoms with Gasteiger partial charge in [0.25, 0.3) is 0 Å². The first-order valence-electron chi connectivity index (χ1n) is 10.8. The Morgan fingerprint density at radius 1 is 1.00 bits per heavy atom. The van der Waals surface area contributed by atoms with E-state index < -0.39 is 23.9 Å². The number of esters is 1. The fourth-order valence-corrected chi connectivity index (χ4v) is 4.03. The molecule has 1 aliphatic carbocycles. The third-order valence-electron chi connectivity index (χ3n) is 5.87. The van der Waals surface area contributed by atoms with E-state index in [2.05, 4.69) is 29.6 Å². The molecule has 32 heavy (non-hydrogen) atoms. The van der Waals surface area contributed by atoms with Gasteiger partial charge in [-0.15, -0.1) is 0 Å². The number of amides is 1. The molecule has 2 atom stereocenters. The Labute approximate surface area is 188 Å². The Morgan fingerprint density at radius 3 is 2.09 bits per heavy atom. The van der Waals surface area contributed by atoms with E-state index >= 15 is 0 Å². The lowest BCUT2D eigenvalue weighted by Crippen LogP contribution is -2.42. The van der Waals surface area contributed by atoms with Gasteiger partial charge in [0.1, 0.15) is 12.6 Å². The molecule has 0 fully saturated rings. The molecule has 168 valence electrons. The van der Waals surface area contributed by atoms with E-state index in [0.717, 1.165) is 11.1 Å². The first kappa shape index (κ1) is 23.3. The summed E-state index contributed by atoms with van der Waals surface area (Å²) in [6.07, 6.45) is 3.28. The smallest absolute Gasteiger partial charge is 0.330 e. The van der Waals surface area contributed by atoms with Gasteiger partial charge in [-0.1, -0.05) is 68.5 Å². The Morgan fingerprint density at radius 2 is 1.56 bits per heavy atom. The van der Waals surface area contributed by atoms with Crippen LogP contribution in [0, 0.1) is 11.8 Å². The number of carbonyl (C=O) groups is 3. The minimum Gasteiger partial charge on any atom is -0.480 e. The largest absolute Gasteiger partial charge is 0.480 e. The molecule has 1 amide bonds. The van der Waals surface area contributed by atoms with Crippen molar-refractivity contribution in [1.29, 1.82) is 0 Å². The summed E-state index contributed by atoms with van der Waals surface area (Å²) in [5, 5.41) is 11.5. The average molecular weight is 436 g/mol. The fraction of sp³-hybridized carbons (Fsp3) is 0.346. The van der Waals surface area contributed by atoms with E-state index in [9.17, 15) is 14.4 Å². The highest BCUT2D eigenvalue weighted by Crippen LogP contribution is 2.44. The van der Waals surface area contributed by atoms with E-state index in [-0.39, 0.29) is 24.3 Å². The summed E-state index contributed by atoms with van der Waals surface area (Å²) >= 11 is 0. The standard InChI is InChI=1S/C26H29NO5/c1-16(2)18(25(29)27-17(3)26(30)31)13-8-14-24(28)32-15-23-21-11-6-4-9-19(21)20-10-5-7-12-22(20)23/h4-12,14,16-18,23H,13,15H2,1-3H3,(H,27,29)(H,30,31)/b14-8+/t17-,18-/m0/s1. The molecular weight excluding hydrogens is 406 g/mol. The molecule has 0 saturated heterocycles. The van der Waals surface area contributed by atoms with Crippen LogP contribution in [0.2, 0.25) is 0 Å². The van der Waals surface area contributed by atoms with Crippen molar-refractivity contribution in [2.45, 2.75) is 39.2 Å². The van der Waals surface area contributed by atoms with Gasteiger partial charge in [-0.05, 0) is 41.5 Å². The first-order chi connectivity index (χ1) is 15.3. The lowest BCUT2D eigenvalue weighted by molar-refractivity contribution is -0.142. The van der Waals surface area contributed by atoms with E-state index in [1.54, 1.807) is 6.08 Å². The maximum atomic E-state index is 12.4. The van der Waals surface area contributed by atoms with E-state index in [0.29, 0.717) is 6.42 Å². The van der Waals surface area contributed by atoms with Crippen LogP contribution in [0.25, 0.3) is 11.1 Å². The van der Waals surface area contributed by atoms with Crippen molar-refractivity contribution in [2.24, 2.45) is 11.8 Å².